The van der Waals surface area contributed by atoms with Gasteiger partial charge in [-0.2, -0.15) is 5.10 Å². The van der Waals surface area contributed by atoms with E-state index in [2.05, 4.69) is 20.3 Å². The van der Waals surface area contributed by atoms with E-state index in [-0.39, 0.29) is 24.1 Å². The lowest BCUT2D eigenvalue weighted by atomic mass is 10.1. The van der Waals surface area contributed by atoms with Crippen molar-refractivity contribution in [1.82, 2.24) is 25.1 Å². The molecule has 0 spiro atoms. The summed E-state index contributed by atoms with van der Waals surface area (Å²) in [6, 6.07) is 9.34. The van der Waals surface area contributed by atoms with Crippen LogP contribution in [0.25, 0.3) is 10.8 Å². The van der Waals surface area contributed by atoms with Crippen LogP contribution >= 0.6 is 0 Å². The number of fused-ring (bicyclic) bond motifs is 1. The van der Waals surface area contributed by atoms with E-state index in [0.717, 1.165) is 35.7 Å². The monoisotopic (exact) mass is 404 g/mol. The van der Waals surface area contributed by atoms with Crippen molar-refractivity contribution in [3.05, 3.63) is 58.3 Å². The predicted octanol–water partition coefficient (Wildman–Crippen LogP) is 1.77. The number of nitrogens with one attached hydrogen (secondary N) is 1. The van der Waals surface area contributed by atoms with Gasteiger partial charge in [0.05, 0.1) is 11.1 Å². The highest BCUT2D eigenvalue weighted by molar-refractivity contribution is 5.83. The number of hydrogen-bond donors (Lipinski definition) is 1. The van der Waals surface area contributed by atoms with Crippen molar-refractivity contribution in [2.45, 2.75) is 44.7 Å². The molecular weight excluding hydrogens is 380 g/mol. The van der Waals surface area contributed by atoms with Gasteiger partial charge in [-0.25, -0.2) is 14.6 Å². The average molecular weight is 404 g/mol. The Kier molecular flexibility index (Phi) is 4.69. The van der Waals surface area contributed by atoms with E-state index in [0.29, 0.717) is 17.8 Å². The summed E-state index contributed by atoms with van der Waals surface area (Å²) in [6.07, 6.45) is 5.05. The van der Waals surface area contributed by atoms with Gasteiger partial charge in [0, 0.05) is 42.3 Å². The molecule has 1 saturated heterocycles. The number of nitrogens with zero attached hydrogens (tertiary/aromatic N) is 5. The lowest BCUT2D eigenvalue weighted by Gasteiger charge is -2.17. The van der Waals surface area contributed by atoms with E-state index in [4.69, 9.17) is 4.98 Å². The number of aryl methyl sites for hydroxylation is 1. The molecule has 1 aliphatic carbocycles. The second kappa shape index (κ2) is 7.51. The number of amides is 1. The molecule has 1 aliphatic heterocycles. The molecule has 1 N–H and O–H groups in total. The second-order valence-electron chi connectivity index (χ2n) is 8.15. The lowest BCUT2D eigenvalue weighted by molar-refractivity contribution is -0.122. The summed E-state index contributed by atoms with van der Waals surface area (Å²) in [5.41, 5.74) is 1.60. The van der Waals surface area contributed by atoms with Crippen LogP contribution in [-0.4, -0.2) is 44.8 Å². The van der Waals surface area contributed by atoms with Crippen molar-refractivity contribution in [1.29, 1.82) is 0 Å². The van der Waals surface area contributed by atoms with E-state index in [9.17, 15) is 9.59 Å². The maximum Gasteiger partial charge on any atom is 0.275 e. The van der Waals surface area contributed by atoms with Gasteiger partial charge >= 0.3 is 0 Å². The Labute approximate surface area is 173 Å². The molecule has 3 heterocycles. The topological polar surface area (TPSA) is 93.0 Å². The normalized spacial score (nSPS) is 18.7. The molecule has 1 aromatic carbocycles. The van der Waals surface area contributed by atoms with Crippen LogP contribution in [0.15, 0.2) is 41.3 Å². The molecule has 0 radical (unpaired) electrons. The van der Waals surface area contributed by atoms with Crippen LogP contribution in [0, 0.1) is 6.92 Å². The number of anilines is 1. The molecule has 154 valence electrons. The number of rotatable bonds is 5. The van der Waals surface area contributed by atoms with Gasteiger partial charge in [0.2, 0.25) is 11.9 Å². The molecular formula is C22H24N6O2. The summed E-state index contributed by atoms with van der Waals surface area (Å²) in [5, 5.41) is 8.76. The Morgan fingerprint density at radius 1 is 1.17 bits per heavy atom. The fourth-order valence-electron chi connectivity index (χ4n) is 4.10. The van der Waals surface area contributed by atoms with Gasteiger partial charge in [0.25, 0.3) is 5.56 Å². The van der Waals surface area contributed by atoms with Crippen molar-refractivity contribution >= 4 is 22.6 Å². The SMILES string of the molecule is Cc1nn(CC(=O)NC2CCN(c3nccc(C4CC4)n3)C2)c(=O)c2ccccc12. The third-order valence-electron chi connectivity index (χ3n) is 5.84. The van der Waals surface area contributed by atoms with Crippen LogP contribution in [0.3, 0.4) is 0 Å². The molecule has 2 aromatic heterocycles. The van der Waals surface area contributed by atoms with Crippen molar-refractivity contribution in [3.8, 4) is 0 Å². The van der Waals surface area contributed by atoms with E-state index >= 15 is 0 Å². The smallest absolute Gasteiger partial charge is 0.275 e. The Balaban J connectivity index is 1.25. The van der Waals surface area contributed by atoms with Crippen LogP contribution in [-0.2, 0) is 11.3 Å². The summed E-state index contributed by atoms with van der Waals surface area (Å²) in [7, 11) is 0. The van der Waals surface area contributed by atoms with E-state index in [1.807, 2.05) is 37.4 Å². The van der Waals surface area contributed by atoms with Gasteiger partial charge in [0.1, 0.15) is 6.54 Å². The molecule has 0 bridgehead atoms. The van der Waals surface area contributed by atoms with E-state index in [1.54, 1.807) is 6.07 Å². The van der Waals surface area contributed by atoms with Crippen LogP contribution in [0.1, 0.15) is 36.6 Å². The van der Waals surface area contributed by atoms with Crippen LogP contribution in [0.5, 0.6) is 0 Å². The van der Waals surface area contributed by atoms with Gasteiger partial charge in [-0.3, -0.25) is 9.59 Å². The summed E-state index contributed by atoms with van der Waals surface area (Å²) in [5.74, 6) is 1.11. The Morgan fingerprint density at radius 3 is 2.77 bits per heavy atom. The first kappa shape index (κ1) is 18.7. The third kappa shape index (κ3) is 3.65. The van der Waals surface area contributed by atoms with Crippen molar-refractivity contribution in [2.24, 2.45) is 0 Å². The van der Waals surface area contributed by atoms with Crippen molar-refractivity contribution < 1.29 is 4.79 Å². The molecule has 8 nitrogen and oxygen atoms in total. The highest BCUT2D eigenvalue weighted by Crippen LogP contribution is 2.39. The van der Waals surface area contributed by atoms with Gasteiger partial charge in [-0.05, 0) is 38.3 Å². The van der Waals surface area contributed by atoms with Crippen molar-refractivity contribution in [2.75, 3.05) is 18.0 Å². The summed E-state index contributed by atoms with van der Waals surface area (Å²) >= 11 is 0. The third-order valence-corrected chi connectivity index (χ3v) is 5.84. The minimum absolute atomic E-state index is 0.00272. The molecule has 1 atom stereocenters. The number of aromatic nitrogens is 4. The Bertz CT molecular complexity index is 1170. The second-order valence-corrected chi connectivity index (χ2v) is 8.15. The Hall–Kier alpha value is -3.29. The van der Waals surface area contributed by atoms with Crippen molar-refractivity contribution in [3.63, 3.8) is 0 Å². The fourth-order valence-corrected chi connectivity index (χ4v) is 4.10. The maximum atomic E-state index is 12.7. The molecule has 1 amide bonds. The molecule has 8 heteroatoms. The molecule has 30 heavy (non-hydrogen) atoms. The van der Waals surface area contributed by atoms with Gasteiger partial charge in [0.15, 0.2) is 0 Å². The molecule has 2 fully saturated rings. The number of hydrogen-bond acceptors (Lipinski definition) is 6. The van der Waals surface area contributed by atoms with E-state index < -0.39 is 0 Å². The van der Waals surface area contributed by atoms with Gasteiger partial charge in [-0.15, -0.1) is 0 Å². The zero-order valence-electron chi connectivity index (χ0n) is 16.9. The summed E-state index contributed by atoms with van der Waals surface area (Å²) in [6.45, 7) is 3.22. The average Bonchev–Trinajstić information content (AvgIpc) is 3.51. The zero-order chi connectivity index (χ0) is 20.7. The molecule has 5 rings (SSSR count). The van der Waals surface area contributed by atoms with E-state index in [1.165, 1.54) is 17.5 Å². The number of carbonyl (C=O) groups excluding carboxylic acids is 1. The molecule has 1 unspecified atom stereocenters. The largest absolute Gasteiger partial charge is 0.350 e. The van der Waals surface area contributed by atoms with Gasteiger partial charge in [-0.1, -0.05) is 18.2 Å². The highest BCUT2D eigenvalue weighted by Gasteiger charge is 2.29. The first-order chi connectivity index (χ1) is 14.6. The first-order valence-electron chi connectivity index (χ1n) is 10.4. The first-order valence-corrected chi connectivity index (χ1v) is 10.4. The van der Waals surface area contributed by atoms with Crippen LogP contribution in [0.4, 0.5) is 5.95 Å². The molecule has 1 saturated carbocycles. The maximum absolute atomic E-state index is 12.7. The fraction of sp³-hybridized carbons (Fsp3) is 0.409. The minimum Gasteiger partial charge on any atom is -0.350 e. The van der Waals surface area contributed by atoms with Gasteiger partial charge < -0.3 is 10.2 Å². The summed E-state index contributed by atoms with van der Waals surface area (Å²) in [4.78, 5) is 36.5. The molecule has 3 aromatic rings. The lowest BCUT2D eigenvalue weighted by Crippen LogP contribution is -2.41. The van der Waals surface area contributed by atoms with Crippen LogP contribution < -0.4 is 15.8 Å². The summed E-state index contributed by atoms with van der Waals surface area (Å²) < 4.78 is 1.25. The number of benzene rings is 1. The minimum atomic E-state index is -0.246. The standard InChI is InChI=1S/C22H24N6O2/c1-14-17-4-2-3-5-18(17)21(30)28(26-14)13-20(29)24-16-9-11-27(12-16)22-23-10-8-19(25-22)15-6-7-15/h2-5,8,10,15-16H,6-7,9,11-13H2,1H3,(H,24,29). The predicted molar refractivity (Wildman–Crippen MR) is 114 cm³/mol. The zero-order valence-corrected chi connectivity index (χ0v) is 16.9. The highest BCUT2D eigenvalue weighted by atomic mass is 16.2. The Morgan fingerprint density at radius 2 is 1.97 bits per heavy atom. The van der Waals surface area contributed by atoms with Crippen LogP contribution in [0.2, 0.25) is 0 Å². The molecule has 2 aliphatic rings. The quantitative estimate of drug-likeness (QED) is 0.697. The number of carbonyl (C=O) groups is 1.